The summed E-state index contributed by atoms with van der Waals surface area (Å²) in [5.74, 6) is -0.167. The van der Waals surface area contributed by atoms with E-state index in [0.29, 0.717) is 54.0 Å². The summed E-state index contributed by atoms with van der Waals surface area (Å²) in [5.41, 5.74) is 1.13. The quantitative estimate of drug-likeness (QED) is 0.629. The molecule has 8 heteroatoms. The second kappa shape index (κ2) is 11.0. The lowest BCUT2D eigenvalue weighted by atomic mass is 10.1. The van der Waals surface area contributed by atoms with E-state index in [0.717, 1.165) is 6.54 Å². The van der Waals surface area contributed by atoms with Crippen LogP contribution in [0.25, 0.3) is 0 Å². The smallest absolute Gasteiger partial charge is 0.254 e. The molecule has 1 unspecified atom stereocenters. The monoisotopic (exact) mass is 463 g/mol. The van der Waals surface area contributed by atoms with E-state index >= 15 is 0 Å². The average Bonchev–Trinajstić information content (AvgIpc) is 2.78. The lowest BCUT2D eigenvalue weighted by Gasteiger charge is -2.36. The Bertz CT molecular complexity index is 908. The van der Waals surface area contributed by atoms with E-state index in [1.807, 2.05) is 49.3 Å². The van der Waals surface area contributed by atoms with Crippen molar-refractivity contribution in [3.8, 4) is 0 Å². The van der Waals surface area contributed by atoms with Crippen molar-refractivity contribution in [3.63, 3.8) is 0 Å². The van der Waals surface area contributed by atoms with Crippen molar-refractivity contribution >= 4 is 35.0 Å². The number of benzene rings is 2. The lowest BCUT2D eigenvalue weighted by Crippen LogP contribution is -2.51. The summed E-state index contributed by atoms with van der Waals surface area (Å²) in [6, 6.07) is 14.1. The number of morpholine rings is 1. The van der Waals surface area contributed by atoms with Crippen molar-refractivity contribution in [1.29, 1.82) is 0 Å². The van der Waals surface area contributed by atoms with Gasteiger partial charge >= 0.3 is 0 Å². The Balaban J connectivity index is 1.69. The first-order valence-corrected chi connectivity index (χ1v) is 11.0. The molecule has 0 N–H and O–H groups in total. The molecule has 1 aliphatic heterocycles. The molecule has 2 aromatic rings. The van der Waals surface area contributed by atoms with Crippen LogP contribution in [0.5, 0.6) is 0 Å². The zero-order valence-corrected chi connectivity index (χ0v) is 19.3. The van der Waals surface area contributed by atoms with Crippen molar-refractivity contribution < 1.29 is 14.3 Å². The van der Waals surface area contributed by atoms with Crippen LogP contribution in [0.2, 0.25) is 10.0 Å². The predicted molar refractivity (Wildman–Crippen MR) is 123 cm³/mol. The van der Waals surface area contributed by atoms with E-state index in [4.69, 9.17) is 27.9 Å². The summed E-state index contributed by atoms with van der Waals surface area (Å²) in [4.78, 5) is 31.6. The molecule has 1 aliphatic rings. The van der Waals surface area contributed by atoms with Crippen LogP contribution in [0.3, 0.4) is 0 Å². The summed E-state index contributed by atoms with van der Waals surface area (Å²) in [6.07, 6.45) is -0.268. The molecule has 0 aliphatic carbocycles. The second-order valence-electron chi connectivity index (χ2n) is 7.79. The molecule has 2 amide bonds. The Kier molecular flexibility index (Phi) is 8.32. The number of hydrogen-bond acceptors (Lipinski definition) is 4. The predicted octanol–water partition coefficient (Wildman–Crippen LogP) is 3.54. The minimum atomic E-state index is -0.268. The number of hydrogen-bond donors (Lipinski definition) is 0. The highest BCUT2D eigenvalue weighted by Gasteiger charge is 2.28. The third kappa shape index (κ3) is 6.43. The number of carbonyl (C=O) groups is 2. The molecule has 0 bridgehead atoms. The molecule has 2 aromatic carbocycles. The summed E-state index contributed by atoms with van der Waals surface area (Å²) in [6.45, 7) is 3.02. The van der Waals surface area contributed by atoms with Crippen LogP contribution < -0.4 is 0 Å². The Labute approximate surface area is 193 Å². The largest absolute Gasteiger partial charge is 0.373 e. The molecule has 31 heavy (non-hydrogen) atoms. The normalized spacial score (nSPS) is 16.4. The van der Waals surface area contributed by atoms with Crippen LogP contribution in [0.1, 0.15) is 20.7 Å². The fourth-order valence-corrected chi connectivity index (χ4v) is 3.73. The first-order valence-electron chi connectivity index (χ1n) is 10.2. The van der Waals surface area contributed by atoms with Gasteiger partial charge < -0.3 is 19.4 Å². The van der Waals surface area contributed by atoms with Gasteiger partial charge in [-0.05, 0) is 44.4 Å². The molecular formula is C23H27Cl2N3O3. The van der Waals surface area contributed by atoms with Crippen LogP contribution >= 0.6 is 23.2 Å². The minimum Gasteiger partial charge on any atom is -0.373 e. The number of amides is 2. The van der Waals surface area contributed by atoms with E-state index < -0.39 is 0 Å². The highest BCUT2D eigenvalue weighted by molar-refractivity contribution is 6.42. The number of halogens is 2. The zero-order chi connectivity index (χ0) is 22.4. The summed E-state index contributed by atoms with van der Waals surface area (Å²) < 4.78 is 5.91. The average molecular weight is 464 g/mol. The molecule has 1 atom stereocenters. The third-order valence-electron chi connectivity index (χ3n) is 5.14. The van der Waals surface area contributed by atoms with E-state index in [1.165, 1.54) is 0 Å². The molecule has 6 nitrogen and oxygen atoms in total. The number of ether oxygens (including phenoxy) is 1. The van der Waals surface area contributed by atoms with Crippen molar-refractivity contribution in [2.75, 3.05) is 53.4 Å². The van der Waals surface area contributed by atoms with E-state index in [1.54, 1.807) is 28.0 Å². The van der Waals surface area contributed by atoms with Crippen molar-refractivity contribution in [1.82, 2.24) is 14.7 Å². The fourth-order valence-electron chi connectivity index (χ4n) is 3.43. The van der Waals surface area contributed by atoms with Gasteiger partial charge in [-0.2, -0.15) is 0 Å². The Hall–Kier alpha value is -2.12. The Morgan fingerprint density at radius 2 is 1.77 bits per heavy atom. The second-order valence-corrected chi connectivity index (χ2v) is 8.61. The minimum absolute atomic E-state index is 0.0426. The molecule has 1 fully saturated rings. The first kappa shape index (κ1) is 23.5. The molecule has 166 valence electrons. The van der Waals surface area contributed by atoms with Crippen LogP contribution in [0, 0.1) is 0 Å². The molecule has 3 rings (SSSR count). The summed E-state index contributed by atoms with van der Waals surface area (Å²) >= 11 is 12.0. The molecular weight excluding hydrogens is 437 g/mol. The number of likely N-dealkylation sites (N-methyl/N-ethyl adjacent to an activating group) is 1. The number of rotatable bonds is 7. The van der Waals surface area contributed by atoms with Gasteiger partial charge in [0.15, 0.2) is 0 Å². The van der Waals surface area contributed by atoms with Gasteiger partial charge in [-0.15, -0.1) is 0 Å². The van der Waals surface area contributed by atoms with Crippen LogP contribution in [-0.2, 0) is 4.74 Å². The van der Waals surface area contributed by atoms with Gasteiger partial charge in [0.25, 0.3) is 11.8 Å². The van der Waals surface area contributed by atoms with Gasteiger partial charge in [0.1, 0.15) is 0 Å². The van der Waals surface area contributed by atoms with Gasteiger partial charge in [-0.25, -0.2) is 0 Å². The zero-order valence-electron chi connectivity index (χ0n) is 17.8. The van der Waals surface area contributed by atoms with Gasteiger partial charge in [0, 0.05) is 43.9 Å². The standard InChI is InChI=1S/C23H27Cl2N3O3/c1-26(2)10-11-27(22(29)17-6-4-3-5-7-17)15-19-16-28(12-13-31-19)23(30)18-8-9-20(24)21(25)14-18/h3-9,14,19H,10-13,15-16H2,1-2H3. The SMILES string of the molecule is CN(C)CCN(CC1CN(C(=O)c2ccc(Cl)c(Cl)c2)CCO1)C(=O)c1ccccc1. The summed E-state index contributed by atoms with van der Waals surface area (Å²) in [5, 5.41) is 0.759. The highest BCUT2D eigenvalue weighted by Crippen LogP contribution is 2.24. The number of carbonyl (C=O) groups excluding carboxylic acids is 2. The molecule has 0 radical (unpaired) electrons. The van der Waals surface area contributed by atoms with E-state index in [-0.39, 0.29) is 17.9 Å². The molecule has 1 heterocycles. The van der Waals surface area contributed by atoms with Gasteiger partial charge in [0.2, 0.25) is 0 Å². The van der Waals surface area contributed by atoms with Crippen molar-refractivity contribution in [2.45, 2.75) is 6.10 Å². The Morgan fingerprint density at radius 3 is 2.45 bits per heavy atom. The first-order chi connectivity index (χ1) is 14.8. The van der Waals surface area contributed by atoms with Gasteiger partial charge in [0.05, 0.1) is 22.8 Å². The van der Waals surface area contributed by atoms with Crippen molar-refractivity contribution in [3.05, 3.63) is 69.7 Å². The van der Waals surface area contributed by atoms with Crippen molar-refractivity contribution in [2.24, 2.45) is 0 Å². The third-order valence-corrected chi connectivity index (χ3v) is 5.88. The lowest BCUT2D eigenvalue weighted by molar-refractivity contribution is -0.0334. The summed E-state index contributed by atoms with van der Waals surface area (Å²) in [7, 11) is 3.94. The topological polar surface area (TPSA) is 53.1 Å². The number of nitrogens with zero attached hydrogens (tertiary/aromatic N) is 3. The van der Waals surface area contributed by atoms with Gasteiger partial charge in [-0.3, -0.25) is 9.59 Å². The van der Waals surface area contributed by atoms with E-state index in [2.05, 4.69) is 0 Å². The molecule has 0 saturated carbocycles. The van der Waals surface area contributed by atoms with Gasteiger partial charge in [-0.1, -0.05) is 41.4 Å². The maximum absolute atomic E-state index is 13.1. The molecule has 0 spiro atoms. The maximum Gasteiger partial charge on any atom is 0.254 e. The van der Waals surface area contributed by atoms with Crippen LogP contribution in [0.4, 0.5) is 0 Å². The maximum atomic E-state index is 13.1. The fraction of sp³-hybridized carbons (Fsp3) is 0.391. The molecule has 1 saturated heterocycles. The van der Waals surface area contributed by atoms with E-state index in [9.17, 15) is 9.59 Å². The highest BCUT2D eigenvalue weighted by atomic mass is 35.5. The Morgan fingerprint density at radius 1 is 1.03 bits per heavy atom. The van der Waals surface area contributed by atoms with Crippen LogP contribution in [0.15, 0.2) is 48.5 Å². The van der Waals surface area contributed by atoms with Crippen LogP contribution in [-0.4, -0.2) is 86.0 Å². The molecule has 0 aromatic heterocycles.